The van der Waals surface area contributed by atoms with E-state index in [-0.39, 0.29) is 6.42 Å². The lowest BCUT2D eigenvalue weighted by Crippen LogP contribution is -2.45. The Hall–Kier alpha value is -3.10. The van der Waals surface area contributed by atoms with Crippen molar-refractivity contribution < 1.29 is 38.1 Å². The molecule has 0 bridgehead atoms. The minimum absolute atomic E-state index is 0.107. The van der Waals surface area contributed by atoms with Crippen LogP contribution >= 0.6 is 0 Å². The molecule has 0 fully saturated rings. The number of rotatable bonds is 7. The Morgan fingerprint density at radius 2 is 1.14 bits per heavy atom. The molecular formula is C26H39NO8. The molecule has 0 aliphatic heterocycles. The van der Waals surface area contributed by atoms with E-state index in [4.69, 9.17) is 18.9 Å². The van der Waals surface area contributed by atoms with Crippen LogP contribution in [-0.2, 0) is 39.8 Å². The second-order valence-electron chi connectivity index (χ2n) is 11.2. The van der Waals surface area contributed by atoms with Crippen molar-refractivity contribution in [2.75, 3.05) is 7.11 Å². The second-order valence-corrected chi connectivity index (χ2v) is 11.2. The Kier molecular flexibility index (Phi) is 9.88. The van der Waals surface area contributed by atoms with E-state index >= 15 is 0 Å². The molecule has 0 spiro atoms. The highest BCUT2D eigenvalue weighted by Gasteiger charge is 2.36. The van der Waals surface area contributed by atoms with Crippen LogP contribution in [0, 0.1) is 0 Å². The van der Waals surface area contributed by atoms with Crippen LogP contribution in [0.2, 0.25) is 0 Å². The Bertz CT molecular complexity index is 873. The third kappa shape index (κ3) is 11.2. The Morgan fingerprint density at radius 1 is 0.714 bits per heavy atom. The molecule has 1 aromatic rings. The number of ether oxygens (including phenoxy) is 4. The quantitative estimate of drug-likeness (QED) is 0.343. The fraction of sp³-hybridized carbons (Fsp3) is 0.615. The van der Waals surface area contributed by atoms with E-state index < -0.39 is 52.8 Å². The lowest BCUT2D eigenvalue weighted by molar-refractivity contribution is -0.169. The molecule has 196 valence electrons. The van der Waals surface area contributed by atoms with E-state index in [1.165, 1.54) is 7.11 Å². The number of carbonyl (C=O) groups excluding carboxylic acids is 4. The van der Waals surface area contributed by atoms with E-state index in [1.54, 1.807) is 86.6 Å². The van der Waals surface area contributed by atoms with Crippen molar-refractivity contribution in [2.45, 2.75) is 97.5 Å². The van der Waals surface area contributed by atoms with Crippen molar-refractivity contribution in [2.24, 2.45) is 0 Å². The second kappa shape index (κ2) is 11.6. The molecule has 0 saturated heterocycles. The summed E-state index contributed by atoms with van der Waals surface area (Å²) in [7, 11) is 1.22. The summed E-state index contributed by atoms with van der Waals surface area (Å²) < 4.78 is 20.9. The molecule has 1 amide bonds. The minimum atomic E-state index is -1.28. The van der Waals surface area contributed by atoms with Crippen molar-refractivity contribution in [3.05, 3.63) is 35.4 Å². The SMILES string of the molecule is COC(=O)[C@H](Cc1ccc(C(C(=O)OC(C)(C)C)C(=O)OC(C)(C)C)cc1)NC(=O)OC(C)(C)C. The molecule has 0 heterocycles. The molecule has 0 saturated carbocycles. The monoisotopic (exact) mass is 493 g/mol. The van der Waals surface area contributed by atoms with E-state index in [0.717, 1.165) is 0 Å². The Balaban J connectivity index is 3.16. The Labute approximate surface area is 207 Å². The summed E-state index contributed by atoms with van der Waals surface area (Å²) in [6.07, 6.45) is -0.644. The average Bonchev–Trinajstić information content (AvgIpc) is 2.64. The van der Waals surface area contributed by atoms with Crippen LogP contribution in [-0.4, -0.2) is 54.0 Å². The van der Waals surface area contributed by atoms with Gasteiger partial charge >= 0.3 is 24.0 Å². The maximum atomic E-state index is 12.9. The fourth-order valence-electron chi connectivity index (χ4n) is 2.96. The van der Waals surface area contributed by atoms with E-state index in [0.29, 0.717) is 11.1 Å². The van der Waals surface area contributed by atoms with Crippen molar-refractivity contribution >= 4 is 24.0 Å². The molecule has 9 heteroatoms. The van der Waals surface area contributed by atoms with Crippen molar-refractivity contribution in [3.8, 4) is 0 Å². The topological polar surface area (TPSA) is 117 Å². The lowest BCUT2D eigenvalue weighted by Gasteiger charge is -2.26. The number of carbonyl (C=O) groups is 4. The molecule has 0 aliphatic carbocycles. The number of methoxy groups -OCH3 is 1. The molecule has 35 heavy (non-hydrogen) atoms. The number of hydrogen-bond acceptors (Lipinski definition) is 8. The molecule has 1 N–H and O–H groups in total. The van der Waals surface area contributed by atoms with Crippen molar-refractivity contribution in [1.82, 2.24) is 5.32 Å². The van der Waals surface area contributed by atoms with Gasteiger partial charge in [-0.15, -0.1) is 0 Å². The summed E-state index contributed by atoms with van der Waals surface area (Å²) in [5, 5.41) is 2.51. The van der Waals surface area contributed by atoms with Gasteiger partial charge in [-0.05, 0) is 73.4 Å². The van der Waals surface area contributed by atoms with Crippen LogP contribution in [0.3, 0.4) is 0 Å². The van der Waals surface area contributed by atoms with Crippen molar-refractivity contribution in [3.63, 3.8) is 0 Å². The normalized spacial score (nSPS) is 13.0. The zero-order valence-electron chi connectivity index (χ0n) is 22.4. The van der Waals surface area contributed by atoms with Gasteiger partial charge in [-0.1, -0.05) is 24.3 Å². The van der Waals surface area contributed by atoms with Crippen LogP contribution < -0.4 is 5.32 Å². The highest BCUT2D eigenvalue weighted by Crippen LogP contribution is 2.25. The first-order chi connectivity index (χ1) is 15.8. The molecule has 0 radical (unpaired) electrons. The number of alkyl carbamates (subject to hydrolysis) is 1. The predicted molar refractivity (Wildman–Crippen MR) is 130 cm³/mol. The summed E-state index contributed by atoms with van der Waals surface area (Å²) in [6.45, 7) is 15.4. The van der Waals surface area contributed by atoms with Gasteiger partial charge in [-0.2, -0.15) is 0 Å². The summed E-state index contributed by atoms with van der Waals surface area (Å²) >= 11 is 0. The summed E-state index contributed by atoms with van der Waals surface area (Å²) in [4.78, 5) is 50.1. The van der Waals surface area contributed by atoms with Gasteiger partial charge < -0.3 is 24.3 Å². The van der Waals surface area contributed by atoms with Gasteiger partial charge in [0.2, 0.25) is 0 Å². The van der Waals surface area contributed by atoms with Crippen LogP contribution in [0.15, 0.2) is 24.3 Å². The molecule has 1 aromatic carbocycles. The van der Waals surface area contributed by atoms with Gasteiger partial charge in [0, 0.05) is 6.42 Å². The first kappa shape index (κ1) is 29.9. The van der Waals surface area contributed by atoms with Crippen LogP contribution in [0.4, 0.5) is 4.79 Å². The third-order valence-electron chi connectivity index (χ3n) is 4.21. The smallest absolute Gasteiger partial charge is 0.408 e. The zero-order valence-corrected chi connectivity index (χ0v) is 22.4. The van der Waals surface area contributed by atoms with Crippen LogP contribution in [0.25, 0.3) is 0 Å². The number of nitrogens with one attached hydrogen (secondary N) is 1. The first-order valence-corrected chi connectivity index (χ1v) is 11.4. The minimum Gasteiger partial charge on any atom is -0.467 e. The summed E-state index contributed by atoms with van der Waals surface area (Å²) in [5.41, 5.74) is -1.28. The standard InChI is InChI=1S/C26H39NO8/c1-24(2,3)33-21(29)19(22(30)34-25(4,5)6)17-13-11-16(12-14-17)15-18(20(28)32-10)27-23(31)35-26(7,8)9/h11-14,18-19H,15H2,1-10H3,(H,27,31)/t18-/m0/s1. The summed E-state index contributed by atoms with van der Waals surface area (Å²) in [6, 6.07) is 5.51. The Morgan fingerprint density at radius 3 is 1.51 bits per heavy atom. The number of esters is 3. The van der Waals surface area contributed by atoms with E-state index in [9.17, 15) is 19.2 Å². The summed E-state index contributed by atoms with van der Waals surface area (Å²) in [5.74, 6) is -3.36. The lowest BCUT2D eigenvalue weighted by atomic mass is 9.95. The van der Waals surface area contributed by atoms with Gasteiger partial charge in [-0.3, -0.25) is 9.59 Å². The molecule has 0 unspecified atom stereocenters. The van der Waals surface area contributed by atoms with Gasteiger partial charge in [0.05, 0.1) is 7.11 Å². The van der Waals surface area contributed by atoms with Crippen molar-refractivity contribution in [1.29, 1.82) is 0 Å². The fourth-order valence-corrected chi connectivity index (χ4v) is 2.96. The van der Waals surface area contributed by atoms with Crippen LogP contribution in [0.5, 0.6) is 0 Å². The maximum Gasteiger partial charge on any atom is 0.408 e. The molecule has 1 rings (SSSR count). The van der Waals surface area contributed by atoms with E-state index in [2.05, 4.69) is 5.32 Å². The van der Waals surface area contributed by atoms with Gasteiger partial charge in [0.25, 0.3) is 0 Å². The van der Waals surface area contributed by atoms with Gasteiger partial charge in [-0.25, -0.2) is 9.59 Å². The number of benzene rings is 1. The zero-order chi connectivity index (χ0) is 27.2. The molecular weight excluding hydrogens is 454 g/mol. The van der Waals surface area contributed by atoms with Gasteiger partial charge in [0.15, 0.2) is 5.92 Å². The molecule has 0 aliphatic rings. The number of hydrogen-bond donors (Lipinski definition) is 1. The average molecular weight is 494 g/mol. The molecule has 9 nitrogen and oxygen atoms in total. The largest absolute Gasteiger partial charge is 0.467 e. The van der Waals surface area contributed by atoms with E-state index in [1.807, 2.05) is 0 Å². The third-order valence-corrected chi connectivity index (χ3v) is 4.21. The molecule has 0 aromatic heterocycles. The first-order valence-electron chi connectivity index (χ1n) is 11.4. The van der Waals surface area contributed by atoms with Crippen LogP contribution in [0.1, 0.15) is 79.4 Å². The predicted octanol–water partition coefficient (Wildman–Crippen LogP) is 4.06. The molecule has 1 atom stereocenters. The maximum absolute atomic E-state index is 12.9. The highest BCUT2D eigenvalue weighted by atomic mass is 16.6. The highest BCUT2D eigenvalue weighted by molar-refractivity contribution is 6.01. The van der Waals surface area contributed by atoms with Gasteiger partial charge in [0.1, 0.15) is 22.8 Å². The number of amides is 1.